The van der Waals surface area contributed by atoms with Gasteiger partial charge >= 0.3 is 0 Å². The third kappa shape index (κ3) is 6.91. The number of hydrogen-bond acceptors (Lipinski definition) is 4. The SMILES string of the molecule is COc1ccc(CN=C(NCCc2ccco2)NC2CCN(c3ccccc3)C2)cc1.I. The second kappa shape index (κ2) is 12.4. The first-order chi connectivity index (χ1) is 15.3. The number of anilines is 1. The Bertz CT molecular complexity index is 946. The second-order valence-corrected chi connectivity index (χ2v) is 7.68. The lowest BCUT2D eigenvalue weighted by Crippen LogP contribution is -2.45. The normalized spacial score (nSPS) is 15.8. The molecule has 7 heteroatoms. The van der Waals surface area contributed by atoms with E-state index in [0.29, 0.717) is 12.6 Å². The summed E-state index contributed by atoms with van der Waals surface area (Å²) in [6.45, 7) is 3.37. The molecule has 0 aliphatic carbocycles. The Morgan fingerprint density at radius 1 is 1.09 bits per heavy atom. The number of halogens is 1. The molecule has 0 spiro atoms. The van der Waals surface area contributed by atoms with Crippen molar-refractivity contribution in [2.45, 2.75) is 25.4 Å². The molecule has 6 nitrogen and oxygen atoms in total. The molecule has 0 amide bonds. The van der Waals surface area contributed by atoms with Crippen LogP contribution in [0, 0.1) is 0 Å². The molecule has 0 saturated carbocycles. The zero-order chi connectivity index (χ0) is 21.3. The number of rotatable bonds is 8. The minimum atomic E-state index is 0. The molecule has 3 aromatic rings. The zero-order valence-corrected chi connectivity index (χ0v) is 20.7. The summed E-state index contributed by atoms with van der Waals surface area (Å²) in [5.74, 6) is 2.66. The number of nitrogens with zero attached hydrogens (tertiary/aromatic N) is 2. The molecule has 1 aliphatic rings. The van der Waals surface area contributed by atoms with Gasteiger partial charge in [0.1, 0.15) is 11.5 Å². The van der Waals surface area contributed by atoms with Gasteiger partial charge in [0.05, 0.1) is 19.9 Å². The number of furan rings is 1. The maximum absolute atomic E-state index is 5.44. The van der Waals surface area contributed by atoms with Crippen LogP contribution in [-0.2, 0) is 13.0 Å². The van der Waals surface area contributed by atoms with Crippen molar-refractivity contribution in [2.24, 2.45) is 4.99 Å². The van der Waals surface area contributed by atoms with Crippen LogP contribution in [-0.4, -0.2) is 38.7 Å². The number of hydrogen-bond donors (Lipinski definition) is 2. The van der Waals surface area contributed by atoms with Crippen molar-refractivity contribution in [2.75, 3.05) is 31.6 Å². The maximum atomic E-state index is 5.44. The topological polar surface area (TPSA) is 62.0 Å². The highest BCUT2D eigenvalue weighted by atomic mass is 127. The highest BCUT2D eigenvalue weighted by molar-refractivity contribution is 14.0. The van der Waals surface area contributed by atoms with Crippen molar-refractivity contribution in [3.8, 4) is 5.75 Å². The summed E-state index contributed by atoms with van der Waals surface area (Å²) >= 11 is 0. The summed E-state index contributed by atoms with van der Waals surface area (Å²) in [4.78, 5) is 7.25. The van der Waals surface area contributed by atoms with Gasteiger partial charge in [-0.05, 0) is 48.4 Å². The molecule has 1 aliphatic heterocycles. The minimum absolute atomic E-state index is 0. The van der Waals surface area contributed by atoms with Crippen LogP contribution in [0.4, 0.5) is 5.69 Å². The maximum Gasteiger partial charge on any atom is 0.191 e. The molecule has 1 fully saturated rings. The van der Waals surface area contributed by atoms with Crippen molar-refractivity contribution in [1.29, 1.82) is 0 Å². The molecule has 1 aromatic heterocycles. The van der Waals surface area contributed by atoms with Crippen molar-refractivity contribution in [3.05, 3.63) is 84.3 Å². The van der Waals surface area contributed by atoms with E-state index in [0.717, 1.165) is 55.5 Å². The molecule has 0 bridgehead atoms. The molecule has 170 valence electrons. The number of ether oxygens (including phenoxy) is 1. The van der Waals surface area contributed by atoms with Gasteiger partial charge in [-0.15, -0.1) is 24.0 Å². The molecule has 0 radical (unpaired) electrons. The Kier molecular flexibility index (Phi) is 9.27. The Morgan fingerprint density at radius 2 is 1.91 bits per heavy atom. The summed E-state index contributed by atoms with van der Waals surface area (Å²) in [6.07, 6.45) is 3.61. The summed E-state index contributed by atoms with van der Waals surface area (Å²) in [7, 11) is 1.68. The average molecular weight is 546 g/mol. The van der Waals surface area contributed by atoms with E-state index in [9.17, 15) is 0 Å². The second-order valence-electron chi connectivity index (χ2n) is 7.68. The molecule has 4 rings (SSSR count). The van der Waals surface area contributed by atoms with E-state index >= 15 is 0 Å². The molecule has 1 saturated heterocycles. The van der Waals surface area contributed by atoms with Crippen LogP contribution in [0.5, 0.6) is 5.75 Å². The fourth-order valence-electron chi connectivity index (χ4n) is 3.76. The highest BCUT2D eigenvalue weighted by Gasteiger charge is 2.23. The lowest BCUT2D eigenvalue weighted by molar-refractivity contribution is 0.414. The van der Waals surface area contributed by atoms with Gasteiger partial charge in [-0.25, -0.2) is 4.99 Å². The lowest BCUT2D eigenvalue weighted by Gasteiger charge is -2.20. The number of benzene rings is 2. The van der Waals surface area contributed by atoms with Crippen molar-refractivity contribution < 1.29 is 9.15 Å². The predicted octanol–water partition coefficient (Wildman–Crippen LogP) is 4.46. The van der Waals surface area contributed by atoms with Crippen molar-refractivity contribution in [1.82, 2.24) is 10.6 Å². The summed E-state index contributed by atoms with van der Waals surface area (Å²) in [5, 5.41) is 7.10. The van der Waals surface area contributed by atoms with Gasteiger partial charge in [0.15, 0.2) is 5.96 Å². The highest BCUT2D eigenvalue weighted by Crippen LogP contribution is 2.19. The van der Waals surface area contributed by atoms with Crippen LogP contribution < -0.4 is 20.3 Å². The fraction of sp³-hybridized carbons (Fsp3) is 0.320. The molecule has 2 aromatic carbocycles. The van der Waals surface area contributed by atoms with Gasteiger partial charge in [0.2, 0.25) is 0 Å². The lowest BCUT2D eigenvalue weighted by atomic mass is 10.2. The monoisotopic (exact) mass is 546 g/mol. The van der Waals surface area contributed by atoms with Crippen LogP contribution >= 0.6 is 24.0 Å². The first kappa shape index (κ1) is 24.0. The van der Waals surface area contributed by atoms with Gasteiger partial charge in [-0.1, -0.05) is 30.3 Å². The van der Waals surface area contributed by atoms with Crippen LogP contribution in [0.1, 0.15) is 17.7 Å². The van der Waals surface area contributed by atoms with Gasteiger partial charge in [0.25, 0.3) is 0 Å². The quantitative estimate of drug-likeness (QED) is 0.248. The van der Waals surface area contributed by atoms with Crippen LogP contribution in [0.2, 0.25) is 0 Å². The molecule has 32 heavy (non-hydrogen) atoms. The standard InChI is InChI=1S/C25H30N4O2.HI/c1-30-23-11-9-20(10-12-23)18-27-25(26-15-13-24-8-5-17-31-24)28-21-14-16-29(19-21)22-6-3-2-4-7-22;/h2-12,17,21H,13-16,18-19H2,1H3,(H2,26,27,28);1H. The number of nitrogens with one attached hydrogen (secondary N) is 2. The number of para-hydroxylation sites is 1. The average Bonchev–Trinajstić information content (AvgIpc) is 3.51. The molecule has 1 unspecified atom stereocenters. The summed E-state index contributed by atoms with van der Waals surface area (Å²) in [6, 6.07) is 22.9. The Labute approximate surface area is 207 Å². The number of guanidine groups is 1. The smallest absolute Gasteiger partial charge is 0.191 e. The largest absolute Gasteiger partial charge is 0.497 e. The molecular formula is C25H31IN4O2. The van der Waals surface area contributed by atoms with E-state index < -0.39 is 0 Å². The molecule has 1 atom stereocenters. The van der Waals surface area contributed by atoms with E-state index in [1.54, 1.807) is 13.4 Å². The third-order valence-electron chi connectivity index (χ3n) is 5.47. The minimum Gasteiger partial charge on any atom is -0.497 e. The molecule has 2 N–H and O–H groups in total. The van der Waals surface area contributed by atoms with Gasteiger partial charge in [-0.2, -0.15) is 0 Å². The fourth-order valence-corrected chi connectivity index (χ4v) is 3.76. The summed E-state index contributed by atoms with van der Waals surface area (Å²) < 4.78 is 10.7. The predicted molar refractivity (Wildman–Crippen MR) is 140 cm³/mol. The van der Waals surface area contributed by atoms with E-state index in [-0.39, 0.29) is 24.0 Å². The number of methoxy groups -OCH3 is 1. The van der Waals surface area contributed by atoms with Crippen LogP contribution in [0.3, 0.4) is 0 Å². The van der Waals surface area contributed by atoms with Crippen molar-refractivity contribution >= 4 is 35.6 Å². The summed E-state index contributed by atoms with van der Waals surface area (Å²) in [5.41, 5.74) is 2.42. The molecular weight excluding hydrogens is 515 g/mol. The van der Waals surface area contributed by atoms with Crippen LogP contribution in [0.15, 0.2) is 82.4 Å². The van der Waals surface area contributed by atoms with Gasteiger partial charge in [0, 0.05) is 37.8 Å². The first-order valence-corrected chi connectivity index (χ1v) is 10.8. The van der Waals surface area contributed by atoms with E-state index in [1.807, 2.05) is 24.3 Å². The first-order valence-electron chi connectivity index (χ1n) is 10.8. The Balaban J connectivity index is 0.00000289. The van der Waals surface area contributed by atoms with E-state index in [1.165, 1.54) is 5.69 Å². The van der Waals surface area contributed by atoms with E-state index in [4.69, 9.17) is 14.1 Å². The zero-order valence-electron chi connectivity index (χ0n) is 18.4. The molecule has 2 heterocycles. The third-order valence-corrected chi connectivity index (χ3v) is 5.47. The Morgan fingerprint density at radius 3 is 2.62 bits per heavy atom. The number of aliphatic imine (C=N–C) groups is 1. The van der Waals surface area contributed by atoms with Crippen LogP contribution in [0.25, 0.3) is 0 Å². The van der Waals surface area contributed by atoms with Gasteiger partial charge < -0.3 is 24.7 Å². The van der Waals surface area contributed by atoms with Gasteiger partial charge in [-0.3, -0.25) is 0 Å². The van der Waals surface area contributed by atoms with Crippen molar-refractivity contribution in [3.63, 3.8) is 0 Å². The van der Waals surface area contributed by atoms with E-state index in [2.05, 4.69) is 58.0 Å². The Hall–Kier alpha value is -2.68.